The molecular formula is C14H16N4. The Balaban J connectivity index is 1.65. The van der Waals surface area contributed by atoms with Crippen LogP contribution in [0.4, 0.5) is 11.4 Å². The lowest BCUT2D eigenvalue weighted by Crippen LogP contribution is -2.63. The Bertz CT molecular complexity index is 430. The lowest BCUT2D eigenvalue weighted by molar-refractivity contribution is 0.422. The normalized spacial score (nSPS) is 15.8. The van der Waals surface area contributed by atoms with E-state index < -0.39 is 0 Å². The Morgan fingerprint density at radius 2 is 1.00 bits per heavy atom. The third-order valence-electron chi connectivity index (χ3n) is 3.00. The summed E-state index contributed by atoms with van der Waals surface area (Å²) in [7, 11) is 0. The summed E-state index contributed by atoms with van der Waals surface area (Å²) in [5, 5.41) is 4.19. The van der Waals surface area contributed by atoms with Gasteiger partial charge in [-0.15, -0.1) is 0 Å². The molecule has 92 valence electrons. The molecule has 0 spiro atoms. The summed E-state index contributed by atoms with van der Waals surface area (Å²) in [4.78, 5) is 0. The highest BCUT2D eigenvalue weighted by molar-refractivity contribution is 5.48. The van der Waals surface area contributed by atoms with Crippen LogP contribution in [0, 0.1) is 0 Å². The van der Waals surface area contributed by atoms with Gasteiger partial charge in [-0.2, -0.15) is 11.1 Å². The van der Waals surface area contributed by atoms with Gasteiger partial charge in [0.2, 0.25) is 0 Å². The first kappa shape index (κ1) is 11.1. The number of para-hydroxylation sites is 2. The molecule has 0 amide bonds. The predicted molar refractivity (Wildman–Crippen MR) is 73.8 cm³/mol. The van der Waals surface area contributed by atoms with Gasteiger partial charge in [-0.05, 0) is 24.3 Å². The molecule has 3 rings (SSSR count). The fourth-order valence-electron chi connectivity index (χ4n) is 2.04. The molecule has 4 nitrogen and oxygen atoms in total. The zero-order valence-electron chi connectivity index (χ0n) is 10.1. The van der Waals surface area contributed by atoms with Crippen molar-refractivity contribution in [1.82, 2.24) is 11.1 Å². The van der Waals surface area contributed by atoms with Crippen LogP contribution in [0.2, 0.25) is 0 Å². The van der Waals surface area contributed by atoms with Crippen LogP contribution in [0.5, 0.6) is 0 Å². The first-order chi connectivity index (χ1) is 8.93. The molecule has 0 bridgehead atoms. The summed E-state index contributed by atoms with van der Waals surface area (Å²) in [5.41, 5.74) is 8.72. The summed E-state index contributed by atoms with van der Waals surface area (Å²) in [6.07, 6.45) is 0. The standard InChI is InChI=1S/C14H16N4/c1-3-7-13(8-4-1)17-11-12-18(16-15-17)14-9-5-2-6-10-14/h1-10,15-16H,11-12H2. The van der Waals surface area contributed by atoms with Crippen LogP contribution in [0.3, 0.4) is 0 Å². The molecule has 0 unspecified atom stereocenters. The molecule has 0 atom stereocenters. The van der Waals surface area contributed by atoms with Gasteiger partial charge in [0.25, 0.3) is 0 Å². The van der Waals surface area contributed by atoms with Crippen molar-refractivity contribution in [1.29, 1.82) is 0 Å². The van der Waals surface area contributed by atoms with Gasteiger partial charge >= 0.3 is 0 Å². The van der Waals surface area contributed by atoms with Crippen LogP contribution in [0.1, 0.15) is 0 Å². The van der Waals surface area contributed by atoms with Gasteiger partial charge in [0.1, 0.15) is 0 Å². The fraction of sp³-hybridized carbons (Fsp3) is 0.143. The number of hydrazine groups is 3. The molecule has 1 saturated heterocycles. The van der Waals surface area contributed by atoms with Gasteiger partial charge in [0, 0.05) is 0 Å². The van der Waals surface area contributed by atoms with Crippen LogP contribution in [0.25, 0.3) is 0 Å². The lowest BCUT2D eigenvalue weighted by atomic mass is 10.3. The average molecular weight is 240 g/mol. The van der Waals surface area contributed by atoms with E-state index in [2.05, 4.69) is 45.4 Å². The fourth-order valence-corrected chi connectivity index (χ4v) is 2.04. The van der Waals surface area contributed by atoms with E-state index in [4.69, 9.17) is 0 Å². The van der Waals surface area contributed by atoms with Crippen molar-refractivity contribution in [3.8, 4) is 0 Å². The van der Waals surface area contributed by atoms with Crippen LogP contribution >= 0.6 is 0 Å². The van der Waals surface area contributed by atoms with E-state index >= 15 is 0 Å². The Kier molecular flexibility index (Phi) is 3.12. The summed E-state index contributed by atoms with van der Waals surface area (Å²) in [6, 6.07) is 20.6. The van der Waals surface area contributed by atoms with Crippen molar-refractivity contribution in [2.24, 2.45) is 0 Å². The lowest BCUT2D eigenvalue weighted by Gasteiger charge is -2.38. The second-order valence-electron chi connectivity index (χ2n) is 4.20. The number of nitrogens with zero attached hydrogens (tertiary/aromatic N) is 2. The second kappa shape index (κ2) is 5.08. The van der Waals surface area contributed by atoms with Crippen molar-refractivity contribution in [2.45, 2.75) is 0 Å². The minimum Gasteiger partial charge on any atom is -0.292 e. The van der Waals surface area contributed by atoms with E-state index in [1.165, 1.54) is 0 Å². The molecule has 1 aliphatic rings. The van der Waals surface area contributed by atoms with Crippen LogP contribution in [-0.2, 0) is 0 Å². The maximum atomic E-state index is 3.19. The van der Waals surface area contributed by atoms with E-state index in [9.17, 15) is 0 Å². The smallest absolute Gasteiger partial charge is 0.0551 e. The molecule has 1 heterocycles. The molecule has 0 aliphatic carbocycles. The number of anilines is 2. The van der Waals surface area contributed by atoms with Crippen LogP contribution in [0.15, 0.2) is 60.7 Å². The summed E-state index contributed by atoms with van der Waals surface area (Å²) in [5.74, 6) is 0. The second-order valence-corrected chi connectivity index (χ2v) is 4.20. The van der Waals surface area contributed by atoms with Crippen molar-refractivity contribution < 1.29 is 0 Å². The van der Waals surface area contributed by atoms with E-state index in [-0.39, 0.29) is 0 Å². The molecule has 2 aromatic rings. The maximum Gasteiger partial charge on any atom is 0.0551 e. The molecule has 0 saturated carbocycles. The van der Waals surface area contributed by atoms with Crippen LogP contribution in [-0.4, -0.2) is 13.1 Å². The highest BCUT2D eigenvalue weighted by atomic mass is 15.8. The number of benzene rings is 2. The Labute approximate surface area is 107 Å². The van der Waals surface area contributed by atoms with Crippen molar-refractivity contribution >= 4 is 11.4 Å². The number of rotatable bonds is 2. The molecular weight excluding hydrogens is 224 g/mol. The number of hydrogen-bond donors (Lipinski definition) is 2. The van der Waals surface area contributed by atoms with Gasteiger partial charge in [-0.25, -0.2) is 0 Å². The first-order valence-electron chi connectivity index (χ1n) is 6.10. The van der Waals surface area contributed by atoms with E-state index in [0.717, 1.165) is 24.5 Å². The molecule has 2 N–H and O–H groups in total. The molecule has 0 radical (unpaired) electrons. The van der Waals surface area contributed by atoms with Gasteiger partial charge in [-0.3, -0.25) is 10.0 Å². The molecule has 2 aromatic carbocycles. The topological polar surface area (TPSA) is 30.5 Å². The first-order valence-corrected chi connectivity index (χ1v) is 6.10. The Morgan fingerprint density at radius 1 is 0.611 bits per heavy atom. The highest BCUT2D eigenvalue weighted by Gasteiger charge is 2.15. The predicted octanol–water partition coefficient (Wildman–Crippen LogP) is 1.94. The number of hydrogen-bond acceptors (Lipinski definition) is 4. The van der Waals surface area contributed by atoms with Gasteiger partial charge in [0.05, 0.1) is 24.5 Å². The van der Waals surface area contributed by atoms with E-state index in [1.54, 1.807) is 0 Å². The highest BCUT2D eigenvalue weighted by Crippen LogP contribution is 2.15. The molecule has 18 heavy (non-hydrogen) atoms. The zero-order chi connectivity index (χ0) is 12.2. The minimum absolute atomic E-state index is 0.923. The summed E-state index contributed by atoms with van der Waals surface area (Å²) >= 11 is 0. The zero-order valence-corrected chi connectivity index (χ0v) is 10.1. The third kappa shape index (κ3) is 2.30. The summed E-state index contributed by atoms with van der Waals surface area (Å²) < 4.78 is 0. The number of nitrogens with one attached hydrogen (secondary N) is 2. The third-order valence-corrected chi connectivity index (χ3v) is 3.00. The van der Waals surface area contributed by atoms with Gasteiger partial charge in [-0.1, -0.05) is 36.4 Å². The molecule has 1 fully saturated rings. The minimum atomic E-state index is 0.923. The Morgan fingerprint density at radius 3 is 1.33 bits per heavy atom. The van der Waals surface area contributed by atoms with Gasteiger partial charge in [0.15, 0.2) is 0 Å². The van der Waals surface area contributed by atoms with Gasteiger partial charge < -0.3 is 0 Å². The monoisotopic (exact) mass is 240 g/mol. The van der Waals surface area contributed by atoms with Crippen molar-refractivity contribution in [2.75, 3.05) is 23.1 Å². The maximum absolute atomic E-state index is 3.19. The quantitative estimate of drug-likeness (QED) is 0.840. The molecule has 1 aliphatic heterocycles. The summed E-state index contributed by atoms with van der Waals surface area (Å²) in [6.45, 7) is 1.85. The molecule has 4 heteroatoms. The van der Waals surface area contributed by atoms with Crippen molar-refractivity contribution in [3.63, 3.8) is 0 Å². The SMILES string of the molecule is c1ccc(N2CCN(c3ccccc3)NN2)cc1. The largest absolute Gasteiger partial charge is 0.292 e. The Hall–Kier alpha value is -2.04. The van der Waals surface area contributed by atoms with Crippen molar-refractivity contribution in [3.05, 3.63) is 60.7 Å². The van der Waals surface area contributed by atoms with E-state index in [0.29, 0.717) is 0 Å². The van der Waals surface area contributed by atoms with Crippen LogP contribution < -0.4 is 21.1 Å². The molecule has 0 aromatic heterocycles. The van der Waals surface area contributed by atoms with E-state index in [1.807, 2.05) is 36.4 Å². The average Bonchev–Trinajstić information content (AvgIpc) is 2.49.